The number of aromatic nitrogens is 1. The van der Waals surface area contributed by atoms with E-state index in [2.05, 4.69) is 91.4 Å². The summed E-state index contributed by atoms with van der Waals surface area (Å²) in [6, 6.07) is 19.7. The summed E-state index contributed by atoms with van der Waals surface area (Å²) in [5.74, 6) is 0. The van der Waals surface area contributed by atoms with Crippen LogP contribution in [-0.4, -0.2) is 0 Å². The van der Waals surface area contributed by atoms with E-state index in [1.807, 2.05) is 0 Å². The molecular weight excluding hydrogens is 278 g/mol. The monoisotopic (exact) mass is 300 g/mol. The molecule has 0 unspecified atom stereocenters. The highest BCUT2D eigenvalue weighted by Gasteiger charge is 2.38. The van der Waals surface area contributed by atoms with Crippen molar-refractivity contribution in [2.45, 2.75) is 32.2 Å². The van der Waals surface area contributed by atoms with Crippen LogP contribution in [0.5, 0.6) is 0 Å². The van der Waals surface area contributed by atoms with Gasteiger partial charge in [0, 0.05) is 18.9 Å². The van der Waals surface area contributed by atoms with Crippen LogP contribution in [0.2, 0.25) is 0 Å². The summed E-state index contributed by atoms with van der Waals surface area (Å²) >= 11 is 0. The molecule has 1 nitrogen and oxygen atoms in total. The van der Waals surface area contributed by atoms with Crippen LogP contribution in [0.1, 0.15) is 32.3 Å². The van der Waals surface area contributed by atoms with Crippen molar-refractivity contribution in [1.29, 1.82) is 0 Å². The Bertz CT molecular complexity index is 901. The minimum atomic E-state index is 0.0401. The van der Waals surface area contributed by atoms with Gasteiger partial charge in [-0.05, 0) is 29.2 Å². The maximum atomic E-state index is 2.50. The van der Waals surface area contributed by atoms with Crippen LogP contribution < -0.4 is 4.57 Å². The Morgan fingerprint density at radius 2 is 1.61 bits per heavy atom. The Morgan fingerprint density at radius 3 is 2.43 bits per heavy atom. The van der Waals surface area contributed by atoms with Gasteiger partial charge in [0.15, 0.2) is 11.7 Å². The predicted octanol–water partition coefficient (Wildman–Crippen LogP) is 5.34. The van der Waals surface area contributed by atoms with Crippen molar-refractivity contribution in [2.24, 2.45) is 0 Å². The van der Waals surface area contributed by atoms with Gasteiger partial charge < -0.3 is 0 Å². The van der Waals surface area contributed by atoms with Gasteiger partial charge in [0.1, 0.15) is 0 Å². The molecule has 114 valence electrons. The topological polar surface area (TPSA) is 3.88 Å². The fraction of sp³-hybridized carbons (Fsp3) is 0.227. The van der Waals surface area contributed by atoms with Crippen LogP contribution in [-0.2, 0) is 5.54 Å². The number of rotatable bonds is 2. The minimum absolute atomic E-state index is 0.0401. The second-order valence-electron chi connectivity index (χ2n) is 6.35. The lowest BCUT2D eigenvalue weighted by atomic mass is 9.91. The Hall–Kier alpha value is -2.41. The molecule has 0 bridgehead atoms. The van der Waals surface area contributed by atoms with Gasteiger partial charge in [0.05, 0.1) is 10.9 Å². The second-order valence-corrected chi connectivity index (χ2v) is 6.35. The van der Waals surface area contributed by atoms with Crippen LogP contribution in [0.3, 0.4) is 0 Å². The molecule has 2 aromatic carbocycles. The van der Waals surface area contributed by atoms with E-state index in [9.17, 15) is 0 Å². The SMILES string of the molecule is CCC1(CC)C=Cc2ccccc2-c2c3ccccc3cc[n+]21. The number of hydrogen-bond donors (Lipinski definition) is 0. The van der Waals surface area contributed by atoms with Gasteiger partial charge in [-0.25, -0.2) is 0 Å². The molecule has 0 spiro atoms. The zero-order chi connectivity index (χ0) is 15.9. The van der Waals surface area contributed by atoms with Crippen molar-refractivity contribution in [3.8, 4) is 11.3 Å². The van der Waals surface area contributed by atoms with Crippen LogP contribution in [0, 0.1) is 0 Å². The molecule has 0 fully saturated rings. The molecule has 1 aliphatic heterocycles. The molecule has 3 aromatic rings. The van der Waals surface area contributed by atoms with E-state index in [0.717, 1.165) is 12.8 Å². The molecule has 2 heterocycles. The number of hydrogen-bond acceptors (Lipinski definition) is 0. The molecule has 0 radical (unpaired) electrons. The van der Waals surface area contributed by atoms with Gasteiger partial charge in [-0.1, -0.05) is 56.3 Å². The Balaban J connectivity index is 2.19. The smallest absolute Gasteiger partial charge is 0.189 e. The molecule has 1 aliphatic rings. The third-order valence-corrected chi connectivity index (χ3v) is 5.35. The predicted molar refractivity (Wildman–Crippen MR) is 97.2 cm³/mol. The van der Waals surface area contributed by atoms with Crippen molar-refractivity contribution in [3.05, 3.63) is 72.4 Å². The summed E-state index contributed by atoms with van der Waals surface area (Å²) in [6.07, 6.45) is 9.16. The summed E-state index contributed by atoms with van der Waals surface area (Å²) in [7, 11) is 0. The van der Waals surface area contributed by atoms with Crippen molar-refractivity contribution >= 4 is 16.8 Å². The van der Waals surface area contributed by atoms with Gasteiger partial charge in [-0.3, -0.25) is 0 Å². The molecule has 0 aliphatic carbocycles. The third kappa shape index (κ3) is 2.03. The quantitative estimate of drug-likeness (QED) is 0.563. The van der Waals surface area contributed by atoms with Gasteiger partial charge in [-0.15, -0.1) is 0 Å². The minimum Gasteiger partial charge on any atom is -0.189 e. The number of nitrogens with zero attached hydrogens (tertiary/aromatic N) is 1. The summed E-state index contributed by atoms with van der Waals surface area (Å²) in [4.78, 5) is 0. The maximum absolute atomic E-state index is 2.50. The first-order chi connectivity index (χ1) is 11.3. The molecule has 0 amide bonds. The van der Waals surface area contributed by atoms with Crippen molar-refractivity contribution in [2.75, 3.05) is 0 Å². The molecule has 0 saturated carbocycles. The molecule has 0 atom stereocenters. The standard InChI is InChI=1S/C22H22N/c1-3-22(4-2)15-13-17-9-5-7-11-19(17)21-20-12-8-6-10-18(20)14-16-23(21)22/h5-16H,3-4H2,1-2H3/q+1. The van der Waals surface area contributed by atoms with E-state index in [4.69, 9.17) is 0 Å². The fourth-order valence-electron chi connectivity index (χ4n) is 3.87. The molecule has 0 saturated heterocycles. The van der Waals surface area contributed by atoms with Crippen molar-refractivity contribution in [3.63, 3.8) is 0 Å². The van der Waals surface area contributed by atoms with E-state index in [1.54, 1.807) is 0 Å². The van der Waals surface area contributed by atoms with Gasteiger partial charge >= 0.3 is 0 Å². The summed E-state index contributed by atoms with van der Waals surface area (Å²) in [5, 5.41) is 2.63. The zero-order valence-corrected chi connectivity index (χ0v) is 13.8. The lowest BCUT2D eigenvalue weighted by molar-refractivity contribution is -0.742. The van der Waals surface area contributed by atoms with Gasteiger partial charge in [0.25, 0.3) is 0 Å². The lowest BCUT2D eigenvalue weighted by Gasteiger charge is -2.24. The highest BCUT2D eigenvalue weighted by atomic mass is 15.1. The number of benzene rings is 2. The molecule has 4 rings (SSSR count). The largest absolute Gasteiger partial charge is 0.221 e. The molecule has 1 aromatic heterocycles. The first kappa shape index (κ1) is 14.2. The first-order valence-electron chi connectivity index (χ1n) is 8.51. The average Bonchev–Trinajstić information content (AvgIpc) is 2.77. The Kier molecular flexibility index (Phi) is 3.30. The van der Waals surface area contributed by atoms with E-state index < -0.39 is 0 Å². The summed E-state index contributed by atoms with van der Waals surface area (Å²) in [5.41, 5.74) is 4.01. The third-order valence-electron chi connectivity index (χ3n) is 5.35. The van der Waals surface area contributed by atoms with E-state index in [0.29, 0.717) is 0 Å². The van der Waals surface area contributed by atoms with E-state index >= 15 is 0 Å². The van der Waals surface area contributed by atoms with E-state index in [1.165, 1.54) is 27.6 Å². The first-order valence-corrected chi connectivity index (χ1v) is 8.51. The number of allylic oxidation sites excluding steroid dienone is 1. The van der Waals surface area contributed by atoms with Crippen molar-refractivity contribution in [1.82, 2.24) is 0 Å². The van der Waals surface area contributed by atoms with Crippen LogP contribution in [0.25, 0.3) is 28.1 Å². The van der Waals surface area contributed by atoms with Crippen molar-refractivity contribution < 1.29 is 4.57 Å². The lowest BCUT2D eigenvalue weighted by Crippen LogP contribution is -2.55. The normalized spacial score (nSPS) is 15.0. The summed E-state index contributed by atoms with van der Waals surface area (Å²) in [6.45, 7) is 4.57. The highest BCUT2D eigenvalue weighted by Crippen LogP contribution is 2.35. The number of fused-ring (bicyclic) bond motifs is 5. The average molecular weight is 300 g/mol. The molecule has 0 N–H and O–H groups in total. The second kappa shape index (κ2) is 5.34. The fourth-order valence-corrected chi connectivity index (χ4v) is 3.87. The van der Waals surface area contributed by atoms with Gasteiger partial charge in [-0.2, -0.15) is 4.57 Å². The molecule has 23 heavy (non-hydrogen) atoms. The summed E-state index contributed by atoms with van der Waals surface area (Å²) < 4.78 is 2.50. The number of pyridine rings is 1. The van der Waals surface area contributed by atoms with Crippen LogP contribution >= 0.6 is 0 Å². The van der Waals surface area contributed by atoms with E-state index in [-0.39, 0.29) is 5.54 Å². The van der Waals surface area contributed by atoms with Crippen LogP contribution in [0.4, 0.5) is 0 Å². The highest BCUT2D eigenvalue weighted by molar-refractivity contribution is 5.95. The van der Waals surface area contributed by atoms with Gasteiger partial charge in [0.2, 0.25) is 5.69 Å². The van der Waals surface area contributed by atoms with Crippen LogP contribution in [0.15, 0.2) is 66.9 Å². The Morgan fingerprint density at radius 1 is 0.870 bits per heavy atom. The Labute approximate surface area is 137 Å². The molecular formula is C22H22N+. The maximum Gasteiger partial charge on any atom is 0.221 e. The zero-order valence-electron chi connectivity index (χ0n) is 13.8. The molecule has 1 heteroatoms.